The van der Waals surface area contributed by atoms with E-state index in [1.807, 2.05) is 32.0 Å². The molecule has 1 heterocycles. The molecule has 3 rings (SSSR count). The summed E-state index contributed by atoms with van der Waals surface area (Å²) in [7, 11) is 3.12. The van der Waals surface area contributed by atoms with Gasteiger partial charge in [0.05, 0.1) is 32.9 Å². The molecule has 3 aromatic rings. The van der Waals surface area contributed by atoms with Crippen LogP contribution < -0.4 is 9.47 Å². The fourth-order valence-corrected chi connectivity index (χ4v) is 5.02. The highest BCUT2D eigenvalue weighted by molar-refractivity contribution is 7.11. The van der Waals surface area contributed by atoms with E-state index in [2.05, 4.69) is 23.7 Å². The number of hydrogen-bond donors (Lipinski definition) is 0. The maximum atomic E-state index is 13.8. The van der Waals surface area contributed by atoms with Crippen LogP contribution in [0.1, 0.15) is 62.1 Å². The predicted molar refractivity (Wildman–Crippen MR) is 147 cm³/mol. The Balaban J connectivity index is 1.92. The van der Waals surface area contributed by atoms with Gasteiger partial charge in [-0.2, -0.15) is 0 Å². The number of allylic oxidation sites excluding steroid dienone is 1. The first-order chi connectivity index (χ1) is 17.8. The third-order valence-corrected chi connectivity index (χ3v) is 6.79. The van der Waals surface area contributed by atoms with Gasteiger partial charge in [0.25, 0.3) is 5.91 Å². The number of hydrogen-bond acceptors (Lipinski definition) is 7. The lowest BCUT2D eigenvalue weighted by Gasteiger charge is -2.23. The number of methoxy groups -OCH3 is 2. The Kier molecular flexibility index (Phi) is 9.85. The molecule has 0 aliphatic rings. The molecule has 0 bridgehead atoms. The van der Waals surface area contributed by atoms with Gasteiger partial charge in [0, 0.05) is 17.0 Å². The standard InChI is InChI=1S/C29H34N2O5S/c1-7-36-29(33)27-20(4)37-25(30-27)18-31(15-11-14-21-12-9-8-10-13-21)28(32)22-16-23(34-5)26(19(2)3)24(17-22)35-6/h8-10,12-13,16-17H,2,7,11,14-15,18H2,1,3-6H3. The van der Waals surface area contributed by atoms with E-state index in [9.17, 15) is 9.59 Å². The molecule has 0 radical (unpaired) electrons. The molecule has 0 aliphatic carbocycles. The van der Waals surface area contributed by atoms with E-state index in [1.165, 1.54) is 16.9 Å². The second kappa shape index (κ2) is 13.1. The summed E-state index contributed by atoms with van der Waals surface area (Å²) >= 11 is 1.39. The lowest BCUT2D eigenvalue weighted by atomic mass is 10.0. The number of aryl methyl sites for hydroxylation is 2. The van der Waals surface area contributed by atoms with Crippen LogP contribution in [0.15, 0.2) is 49.0 Å². The van der Waals surface area contributed by atoms with E-state index in [0.717, 1.165) is 28.9 Å². The maximum absolute atomic E-state index is 13.8. The molecule has 2 aromatic carbocycles. The van der Waals surface area contributed by atoms with E-state index in [0.29, 0.717) is 34.3 Å². The van der Waals surface area contributed by atoms with Crippen LogP contribution in [0.5, 0.6) is 11.5 Å². The van der Waals surface area contributed by atoms with Crippen LogP contribution in [0.25, 0.3) is 5.57 Å². The van der Waals surface area contributed by atoms with Crippen molar-refractivity contribution in [2.75, 3.05) is 27.4 Å². The number of carbonyl (C=O) groups excluding carboxylic acids is 2. The SMILES string of the molecule is C=C(C)c1c(OC)cc(C(=O)N(CCCc2ccccc2)Cc2nc(C(=O)OCC)c(C)s2)cc1OC. The number of nitrogens with zero attached hydrogens (tertiary/aromatic N) is 2. The molecular weight excluding hydrogens is 488 g/mol. The van der Waals surface area contributed by atoms with Crippen LogP contribution in [0.2, 0.25) is 0 Å². The minimum Gasteiger partial charge on any atom is -0.496 e. The monoisotopic (exact) mass is 522 g/mol. The molecule has 0 N–H and O–H groups in total. The first kappa shape index (κ1) is 27.9. The number of amides is 1. The minimum atomic E-state index is -0.450. The Hall–Kier alpha value is -3.65. The largest absolute Gasteiger partial charge is 0.496 e. The van der Waals surface area contributed by atoms with Gasteiger partial charge in [-0.25, -0.2) is 9.78 Å². The van der Waals surface area contributed by atoms with Crippen LogP contribution in [0, 0.1) is 6.92 Å². The summed E-state index contributed by atoms with van der Waals surface area (Å²) in [6.45, 7) is 10.5. The molecule has 8 heteroatoms. The van der Waals surface area contributed by atoms with Gasteiger partial charge in [0.1, 0.15) is 16.5 Å². The maximum Gasteiger partial charge on any atom is 0.358 e. The van der Waals surface area contributed by atoms with Crippen molar-refractivity contribution >= 4 is 28.8 Å². The Morgan fingerprint density at radius 3 is 2.30 bits per heavy atom. The average Bonchev–Trinajstić information content (AvgIpc) is 3.27. The Labute approximate surface area is 222 Å². The summed E-state index contributed by atoms with van der Waals surface area (Å²) in [4.78, 5) is 33.1. The first-order valence-electron chi connectivity index (χ1n) is 12.2. The van der Waals surface area contributed by atoms with Crippen molar-refractivity contribution < 1.29 is 23.8 Å². The quantitative estimate of drug-likeness (QED) is 0.273. The van der Waals surface area contributed by atoms with Gasteiger partial charge in [-0.3, -0.25) is 4.79 Å². The number of thiazole rings is 1. The zero-order chi connectivity index (χ0) is 26.9. The topological polar surface area (TPSA) is 78.0 Å². The third kappa shape index (κ3) is 6.98. The summed E-state index contributed by atoms with van der Waals surface area (Å²) in [5.41, 5.74) is 3.45. The molecule has 37 heavy (non-hydrogen) atoms. The predicted octanol–water partition coefficient (Wildman–Crippen LogP) is 5.95. The lowest BCUT2D eigenvalue weighted by Crippen LogP contribution is -2.32. The Bertz CT molecular complexity index is 1230. The molecule has 196 valence electrons. The summed E-state index contributed by atoms with van der Waals surface area (Å²) in [5, 5.41) is 0.672. The van der Waals surface area contributed by atoms with E-state index in [4.69, 9.17) is 14.2 Å². The van der Waals surface area contributed by atoms with E-state index >= 15 is 0 Å². The third-order valence-electron chi connectivity index (χ3n) is 5.84. The van der Waals surface area contributed by atoms with Crippen molar-refractivity contribution in [1.29, 1.82) is 0 Å². The number of carbonyl (C=O) groups is 2. The molecule has 1 amide bonds. The smallest absolute Gasteiger partial charge is 0.358 e. The molecule has 0 saturated heterocycles. The summed E-state index contributed by atoms with van der Waals surface area (Å²) in [6, 6.07) is 13.6. The zero-order valence-electron chi connectivity index (χ0n) is 22.1. The number of ether oxygens (including phenoxy) is 3. The lowest BCUT2D eigenvalue weighted by molar-refractivity contribution is 0.0519. The second-order valence-electron chi connectivity index (χ2n) is 8.58. The van der Waals surface area contributed by atoms with Gasteiger partial charge in [-0.1, -0.05) is 36.9 Å². The summed E-state index contributed by atoms with van der Waals surface area (Å²) < 4.78 is 16.3. The highest BCUT2D eigenvalue weighted by Gasteiger charge is 2.24. The highest BCUT2D eigenvalue weighted by Crippen LogP contribution is 2.36. The van der Waals surface area contributed by atoms with E-state index < -0.39 is 5.97 Å². The molecule has 7 nitrogen and oxygen atoms in total. The van der Waals surface area contributed by atoms with Gasteiger partial charge in [-0.15, -0.1) is 11.3 Å². The van der Waals surface area contributed by atoms with Gasteiger partial charge in [-0.05, 0) is 56.9 Å². The van der Waals surface area contributed by atoms with Crippen molar-refractivity contribution in [3.05, 3.63) is 81.3 Å². The number of aromatic nitrogens is 1. The number of rotatable bonds is 12. The van der Waals surface area contributed by atoms with Crippen LogP contribution in [-0.4, -0.2) is 49.1 Å². The molecule has 0 atom stereocenters. The first-order valence-corrected chi connectivity index (χ1v) is 13.0. The van der Waals surface area contributed by atoms with Crippen LogP contribution in [0.4, 0.5) is 0 Å². The fourth-order valence-electron chi connectivity index (χ4n) is 4.08. The number of benzene rings is 2. The second-order valence-corrected chi connectivity index (χ2v) is 9.87. The zero-order valence-corrected chi connectivity index (χ0v) is 22.9. The van der Waals surface area contributed by atoms with Crippen molar-refractivity contribution in [2.24, 2.45) is 0 Å². The molecular formula is C29H34N2O5S. The summed E-state index contributed by atoms with van der Waals surface area (Å²) in [5.74, 6) is 0.418. The van der Waals surface area contributed by atoms with Crippen molar-refractivity contribution in [3.63, 3.8) is 0 Å². The Morgan fingerprint density at radius 2 is 1.73 bits per heavy atom. The normalized spacial score (nSPS) is 10.6. The average molecular weight is 523 g/mol. The van der Waals surface area contributed by atoms with Crippen LogP contribution in [-0.2, 0) is 17.7 Å². The molecule has 0 saturated carbocycles. The van der Waals surface area contributed by atoms with Crippen molar-refractivity contribution in [2.45, 2.75) is 40.2 Å². The van der Waals surface area contributed by atoms with Gasteiger partial charge in [0.2, 0.25) is 0 Å². The van der Waals surface area contributed by atoms with E-state index in [-0.39, 0.29) is 19.1 Å². The molecule has 0 unspecified atom stereocenters. The Morgan fingerprint density at radius 1 is 1.08 bits per heavy atom. The van der Waals surface area contributed by atoms with Gasteiger partial charge in [0.15, 0.2) is 5.69 Å². The van der Waals surface area contributed by atoms with Gasteiger partial charge >= 0.3 is 5.97 Å². The molecule has 0 spiro atoms. The molecule has 1 aromatic heterocycles. The van der Waals surface area contributed by atoms with Crippen molar-refractivity contribution in [1.82, 2.24) is 9.88 Å². The van der Waals surface area contributed by atoms with E-state index in [1.54, 1.807) is 38.2 Å². The fraction of sp³-hybridized carbons (Fsp3) is 0.345. The van der Waals surface area contributed by atoms with Crippen LogP contribution >= 0.6 is 11.3 Å². The minimum absolute atomic E-state index is 0.177. The molecule has 0 fully saturated rings. The molecule has 0 aliphatic heterocycles. The highest BCUT2D eigenvalue weighted by atomic mass is 32.1. The number of esters is 1. The van der Waals surface area contributed by atoms with Gasteiger partial charge < -0.3 is 19.1 Å². The van der Waals surface area contributed by atoms with Crippen LogP contribution in [0.3, 0.4) is 0 Å². The van der Waals surface area contributed by atoms with Crippen molar-refractivity contribution in [3.8, 4) is 11.5 Å². The summed E-state index contributed by atoms with van der Waals surface area (Å²) in [6.07, 6.45) is 1.60.